The molecule has 0 atom stereocenters. The van der Waals surface area contributed by atoms with Gasteiger partial charge in [0.15, 0.2) is 0 Å². The van der Waals surface area contributed by atoms with E-state index in [1.165, 1.54) is 0 Å². The standard InChI is InChI=1S/C11H14N4O/c12-5-6-13-7-10-14-9-4-2-1-3-8(9)11(16)15-10/h1-4,13H,5-7,12H2,(H,14,15,16). The van der Waals surface area contributed by atoms with Crippen molar-refractivity contribution in [2.45, 2.75) is 6.54 Å². The van der Waals surface area contributed by atoms with E-state index in [0.29, 0.717) is 30.8 Å². The van der Waals surface area contributed by atoms with Crippen molar-refractivity contribution >= 4 is 10.9 Å². The average molecular weight is 218 g/mol. The van der Waals surface area contributed by atoms with Crippen molar-refractivity contribution < 1.29 is 0 Å². The minimum atomic E-state index is -0.102. The number of nitrogens with two attached hydrogens (primary N) is 1. The summed E-state index contributed by atoms with van der Waals surface area (Å²) < 4.78 is 0. The Bertz CT molecular complexity index is 535. The van der Waals surface area contributed by atoms with E-state index in [2.05, 4.69) is 15.3 Å². The molecule has 4 N–H and O–H groups in total. The molecule has 0 unspecified atom stereocenters. The predicted octanol–water partition coefficient (Wildman–Crippen LogP) is -0.0286. The van der Waals surface area contributed by atoms with Gasteiger partial charge in [0.05, 0.1) is 17.4 Å². The number of nitrogens with zero attached hydrogens (tertiary/aromatic N) is 1. The summed E-state index contributed by atoms with van der Waals surface area (Å²) in [7, 11) is 0. The van der Waals surface area contributed by atoms with E-state index >= 15 is 0 Å². The van der Waals surface area contributed by atoms with Gasteiger partial charge < -0.3 is 16.0 Å². The lowest BCUT2D eigenvalue weighted by atomic mass is 10.2. The Balaban J connectivity index is 2.31. The van der Waals surface area contributed by atoms with Crippen LogP contribution in [0.5, 0.6) is 0 Å². The Morgan fingerprint density at radius 3 is 3.00 bits per heavy atom. The second-order valence-electron chi connectivity index (χ2n) is 3.50. The molecule has 0 aliphatic carbocycles. The third-order valence-electron chi connectivity index (χ3n) is 2.28. The van der Waals surface area contributed by atoms with Crippen LogP contribution in [-0.4, -0.2) is 23.1 Å². The third-order valence-corrected chi connectivity index (χ3v) is 2.28. The molecule has 1 heterocycles. The van der Waals surface area contributed by atoms with E-state index < -0.39 is 0 Å². The minimum absolute atomic E-state index is 0.102. The van der Waals surface area contributed by atoms with Crippen molar-refractivity contribution in [3.05, 3.63) is 40.4 Å². The molecule has 0 saturated carbocycles. The molecular weight excluding hydrogens is 204 g/mol. The lowest BCUT2D eigenvalue weighted by molar-refractivity contribution is 0.667. The fourth-order valence-electron chi connectivity index (χ4n) is 1.53. The van der Waals surface area contributed by atoms with Crippen LogP contribution >= 0.6 is 0 Å². The number of H-pyrrole nitrogens is 1. The number of para-hydroxylation sites is 1. The maximum Gasteiger partial charge on any atom is 0.258 e. The molecule has 0 aliphatic heterocycles. The molecule has 5 nitrogen and oxygen atoms in total. The van der Waals surface area contributed by atoms with Crippen molar-refractivity contribution in [3.8, 4) is 0 Å². The monoisotopic (exact) mass is 218 g/mol. The van der Waals surface area contributed by atoms with E-state index in [4.69, 9.17) is 5.73 Å². The Kier molecular flexibility index (Phi) is 3.28. The first-order valence-corrected chi connectivity index (χ1v) is 5.20. The molecule has 2 rings (SSSR count). The van der Waals surface area contributed by atoms with Crippen LogP contribution in [-0.2, 0) is 6.54 Å². The number of rotatable bonds is 4. The first-order valence-electron chi connectivity index (χ1n) is 5.20. The van der Waals surface area contributed by atoms with Crippen LogP contribution < -0.4 is 16.6 Å². The summed E-state index contributed by atoms with van der Waals surface area (Å²) >= 11 is 0. The first kappa shape index (κ1) is 10.8. The topological polar surface area (TPSA) is 83.8 Å². The minimum Gasteiger partial charge on any atom is -0.329 e. The van der Waals surface area contributed by atoms with Crippen LogP contribution in [0.2, 0.25) is 0 Å². The van der Waals surface area contributed by atoms with E-state index in [-0.39, 0.29) is 5.56 Å². The van der Waals surface area contributed by atoms with Gasteiger partial charge in [-0.3, -0.25) is 4.79 Å². The Labute approximate surface area is 92.7 Å². The first-order chi connectivity index (χ1) is 7.81. The summed E-state index contributed by atoms with van der Waals surface area (Å²) in [6, 6.07) is 7.28. The third kappa shape index (κ3) is 2.26. The van der Waals surface area contributed by atoms with Crippen LogP contribution in [0.4, 0.5) is 0 Å². The summed E-state index contributed by atoms with van der Waals surface area (Å²) in [4.78, 5) is 18.8. The van der Waals surface area contributed by atoms with Gasteiger partial charge in [0.25, 0.3) is 5.56 Å². The van der Waals surface area contributed by atoms with Gasteiger partial charge in [-0.15, -0.1) is 0 Å². The molecular formula is C11H14N4O. The van der Waals surface area contributed by atoms with Gasteiger partial charge in [-0.25, -0.2) is 4.98 Å². The molecule has 0 fully saturated rings. The fourth-order valence-corrected chi connectivity index (χ4v) is 1.53. The predicted molar refractivity (Wildman–Crippen MR) is 63.1 cm³/mol. The van der Waals surface area contributed by atoms with E-state index in [1.54, 1.807) is 6.07 Å². The van der Waals surface area contributed by atoms with E-state index in [0.717, 1.165) is 5.52 Å². The number of hydrogen-bond acceptors (Lipinski definition) is 4. The van der Waals surface area contributed by atoms with Crippen molar-refractivity contribution in [1.29, 1.82) is 0 Å². The van der Waals surface area contributed by atoms with Gasteiger partial charge in [-0.2, -0.15) is 0 Å². The molecule has 1 aromatic heterocycles. The second-order valence-corrected chi connectivity index (χ2v) is 3.50. The molecule has 0 saturated heterocycles. The van der Waals surface area contributed by atoms with Gasteiger partial charge in [-0.05, 0) is 12.1 Å². The van der Waals surface area contributed by atoms with Crippen LogP contribution in [0.15, 0.2) is 29.1 Å². The summed E-state index contributed by atoms with van der Waals surface area (Å²) in [5.74, 6) is 0.636. The smallest absolute Gasteiger partial charge is 0.258 e. The summed E-state index contributed by atoms with van der Waals surface area (Å²) in [6.07, 6.45) is 0. The summed E-state index contributed by atoms with van der Waals surface area (Å²) in [5.41, 5.74) is 5.97. The zero-order chi connectivity index (χ0) is 11.4. The van der Waals surface area contributed by atoms with Crippen molar-refractivity contribution in [1.82, 2.24) is 15.3 Å². The van der Waals surface area contributed by atoms with Crippen molar-refractivity contribution in [3.63, 3.8) is 0 Å². The lowest BCUT2D eigenvalue weighted by Crippen LogP contribution is -2.24. The SMILES string of the molecule is NCCNCc1nc2ccccc2c(=O)[nH]1. The molecule has 0 radical (unpaired) electrons. The van der Waals surface area contributed by atoms with Crippen LogP contribution in [0.3, 0.4) is 0 Å². The zero-order valence-corrected chi connectivity index (χ0v) is 8.86. The second kappa shape index (κ2) is 4.87. The van der Waals surface area contributed by atoms with Gasteiger partial charge in [0.2, 0.25) is 0 Å². The Hall–Kier alpha value is -1.72. The molecule has 2 aromatic rings. The van der Waals surface area contributed by atoms with Gasteiger partial charge in [0.1, 0.15) is 5.82 Å². The highest BCUT2D eigenvalue weighted by Crippen LogP contribution is 2.05. The molecule has 0 spiro atoms. The Morgan fingerprint density at radius 2 is 2.19 bits per heavy atom. The normalized spacial score (nSPS) is 10.8. The molecule has 5 heteroatoms. The number of hydrogen-bond donors (Lipinski definition) is 3. The maximum absolute atomic E-state index is 11.7. The number of benzene rings is 1. The highest BCUT2D eigenvalue weighted by atomic mass is 16.1. The zero-order valence-electron chi connectivity index (χ0n) is 8.86. The largest absolute Gasteiger partial charge is 0.329 e. The average Bonchev–Trinajstić information content (AvgIpc) is 2.30. The summed E-state index contributed by atoms with van der Waals surface area (Å²) in [6.45, 7) is 1.80. The van der Waals surface area contributed by atoms with Crippen LogP contribution in [0, 0.1) is 0 Å². The molecule has 84 valence electrons. The number of aromatic nitrogens is 2. The molecule has 0 aliphatic rings. The number of fused-ring (bicyclic) bond motifs is 1. The quantitative estimate of drug-likeness (QED) is 0.629. The highest BCUT2D eigenvalue weighted by molar-refractivity contribution is 5.77. The fraction of sp³-hybridized carbons (Fsp3) is 0.273. The van der Waals surface area contributed by atoms with Gasteiger partial charge in [0, 0.05) is 13.1 Å². The molecule has 0 bridgehead atoms. The van der Waals surface area contributed by atoms with E-state index in [9.17, 15) is 4.79 Å². The lowest BCUT2D eigenvalue weighted by Gasteiger charge is -2.03. The Morgan fingerprint density at radius 1 is 1.38 bits per heavy atom. The van der Waals surface area contributed by atoms with Gasteiger partial charge in [-0.1, -0.05) is 12.1 Å². The maximum atomic E-state index is 11.7. The van der Waals surface area contributed by atoms with Crippen molar-refractivity contribution in [2.24, 2.45) is 5.73 Å². The highest BCUT2D eigenvalue weighted by Gasteiger charge is 2.01. The van der Waals surface area contributed by atoms with Crippen molar-refractivity contribution in [2.75, 3.05) is 13.1 Å². The number of aromatic amines is 1. The number of nitrogens with one attached hydrogen (secondary N) is 2. The van der Waals surface area contributed by atoms with Gasteiger partial charge >= 0.3 is 0 Å². The molecule has 1 aromatic carbocycles. The van der Waals surface area contributed by atoms with Crippen LogP contribution in [0.1, 0.15) is 5.82 Å². The van der Waals surface area contributed by atoms with E-state index in [1.807, 2.05) is 18.2 Å². The summed E-state index contributed by atoms with van der Waals surface area (Å²) in [5, 5.41) is 3.70. The van der Waals surface area contributed by atoms with Crippen LogP contribution in [0.25, 0.3) is 10.9 Å². The molecule has 16 heavy (non-hydrogen) atoms. The molecule has 0 amide bonds.